The van der Waals surface area contributed by atoms with Gasteiger partial charge >= 0.3 is 0 Å². The summed E-state index contributed by atoms with van der Waals surface area (Å²) in [6, 6.07) is 6.12. The lowest BCUT2D eigenvalue weighted by Crippen LogP contribution is -2.57. The van der Waals surface area contributed by atoms with Gasteiger partial charge in [-0.2, -0.15) is 0 Å². The number of anilines is 1. The molecule has 1 aromatic rings. The molecule has 0 radical (unpaired) electrons. The lowest BCUT2D eigenvalue weighted by Gasteiger charge is -2.34. The highest BCUT2D eigenvalue weighted by Crippen LogP contribution is 2.55. The average molecular weight is 488 g/mol. The molecule has 1 spiro atoms. The van der Waals surface area contributed by atoms with Crippen molar-refractivity contribution < 1.29 is 23.9 Å². The third-order valence-corrected chi connectivity index (χ3v) is 7.74. The molecule has 2 bridgehead atoms. The number of amides is 3. The molecule has 3 aliphatic heterocycles. The molecule has 3 amide bonds. The van der Waals surface area contributed by atoms with Gasteiger partial charge in [-0.25, -0.2) is 0 Å². The van der Waals surface area contributed by atoms with Crippen molar-refractivity contribution in [3.8, 4) is 0 Å². The molecule has 9 heteroatoms. The van der Waals surface area contributed by atoms with Crippen LogP contribution in [0.3, 0.4) is 0 Å². The molecular formula is C25H30ClN3O5. The number of hydrogen-bond acceptors (Lipinski definition) is 5. The number of nitrogens with one attached hydrogen (secondary N) is 2. The van der Waals surface area contributed by atoms with Crippen molar-refractivity contribution in [3.05, 3.63) is 41.4 Å². The largest absolute Gasteiger partial charge is 0.383 e. The van der Waals surface area contributed by atoms with Gasteiger partial charge in [-0.05, 0) is 31.0 Å². The molecule has 2 N–H and O–H groups in total. The Labute approximate surface area is 204 Å². The van der Waals surface area contributed by atoms with Gasteiger partial charge < -0.3 is 25.0 Å². The minimum absolute atomic E-state index is 0.0978. The van der Waals surface area contributed by atoms with Crippen LogP contribution in [0.5, 0.6) is 0 Å². The van der Waals surface area contributed by atoms with Crippen molar-refractivity contribution in [2.75, 3.05) is 25.6 Å². The molecule has 1 saturated carbocycles. The van der Waals surface area contributed by atoms with E-state index in [1.54, 1.807) is 31.4 Å². The molecule has 4 aliphatic rings. The van der Waals surface area contributed by atoms with E-state index in [2.05, 4.69) is 10.6 Å². The van der Waals surface area contributed by atoms with Crippen molar-refractivity contribution in [1.29, 1.82) is 0 Å². The number of benzene rings is 1. The molecule has 0 aromatic heterocycles. The van der Waals surface area contributed by atoms with Crippen LogP contribution in [0.25, 0.3) is 0 Å². The van der Waals surface area contributed by atoms with Crippen LogP contribution < -0.4 is 10.6 Å². The lowest BCUT2D eigenvalue weighted by atomic mass is 9.74. The van der Waals surface area contributed by atoms with Gasteiger partial charge in [0.15, 0.2) is 0 Å². The minimum atomic E-state index is -1.16. The summed E-state index contributed by atoms with van der Waals surface area (Å²) >= 11 is 6.06. The summed E-state index contributed by atoms with van der Waals surface area (Å²) in [4.78, 5) is 42.2. The van der Waals surface area contributed by atoms with E-state index in [1.165, 1.54) is 11.3 Å². The molecular weight excluding hydrogens is 458 g/mol. The minimum Gasteiger partial charge on any atom is -0.383 e. The number of methoxy groups -OCH3 is 1. The predicted octanol–water partition coefficient (Wildman–Crippen LogP) is 2.52. The summed E-state index contributed by atoms with van der Waals surface area (Å²) in [5.41, 5.74) is -0.614. The van der Waals surface area contributed by atoms with Gasteiger partial charge in [0.2, 0.25) is 17.7 Å². The van der Waals surface area contributed by atoms with Crippen molar-refractivity contribution >= 4 is 35.0 Å². The first-order valence-corrected chi connectivity index (χ1v) is 12.4. The molecule has 3 fully saturated rings. The summed E-state index contributed by atoms with van der Waals surface area (Å²) in [5, 5.41) is 6.54. The lowest BCUT2D eigenvalue weighted by molar-refractivity contribution is -0.142. The molecule has 5 rings (SSSR count). The Bertz CT molecular complexity index is 1010. The van der Waals surface area contributed by atoms with E-state index < -0.39 is 29.6 Å². The first kappa shape index (κ1) is 23.3. The Hall–Kier alpha value is -2.42. The smallest absolute Gasteiger partial charge is 0.246 e. The highest BCUT2D eigenvalue weighted by Gasteiger charge is 2.72. The second-order valence-corrected chi connectivity index (χ2v) is 10.0. The van der Waals surface area contributed by atoms with Crippen LogP contribution in [-0.2, 0) is 23.9 Å². The van der Waals surface area contributed by atoms with Crippen LogP contribution in [0.2, 0.25) is 5.02 Å². The molecule has 2 saturated heterocycles. The third-order valence-electron chi connectivity index (χ3n) is 7.51. The fourth-order valence-corrected chi connectivity index (χ4v) is 6.21. The van der Waals surface area contributed by atoms with Crippen LogP contribution in [-0.4, -0.2) is 66.7 Å². The fourth-order valence-electron chi connectivity index (χ4n) is 6.02. The predicted molar refractivity (Wildman–Crippen MR) is 126 cm³/mol. The first-order chi connectivity index (χ1) is 16.4. The molecule has 0 unspecified atom stereocenters. The Morgan fingerprint density at radius 2 is 2.03 bits per heavy atom. The van der Waals surface area contributed by atoms with Gasteiger partial charge in [0.25, 0.3) is 0 Å². The van der Waals surface area contributed by atoms with E-state index in [1.807, 2.05) is 12.2 Å². The second kappa shape index (κ2) is 9.32. The zero-order valence-corrected chi connectivity index (χ0v) is 19.9. The monoisotopic (exact) mass is 487 g/mol. The molecule has 8 nitrogen and oxygen atoms in total. The van der Waals surface area contributed by atoms with Crippen LogP contribution in [0.1, 0.15) is 32.1 Å². The summed E-state index contributed by atoms with van der Waals surface area (Å²) < 4.78 is 11.5. The van der Waals surface area contributed by atoms with Crippen molar-refractivity contribution in [3.63, 3.8) is 0 Å². The summed E-state index contributed by atoms with van der Waals surface area (Å²) in [7, 11) is 1.56. The molecule has 1 aromatic carbocycles. The van der Waals surface area contributed by atoms with Gasteiger partial charge in [-0.1, -0.05) is 49.1 Å². The second-order valence-electron chi connectivity index (χ2n) is 9.57. The highest BCUT2D eigenvalue weighted by molar-refractivity contribution is 6.30. The zero-order chi connectivity index (χ0) is 23.9. The number of rotatable bonds is 7. The van der Waals surface area contributed by atoms with Gasteiger partial charge in [0, 0.05) is 30.4 Å². The third kappa shape index (κ3) is 3.91. The Kier molecular flexibility index (Phi) is 6.39. The van der Waals surface area contributed by atoms with E-state index in [4.69, 9.17) is 21.1 Å². The Morgan fingerprint density at radius 3 is 2.76 bits per heavy atom. The Balaban J connectivity index is 1.42. The highest BCUT2D eigenvalue weighted by atomic mass is 35.5. The van der Waals surface area contributed by atoms with E-state index >= 15 is 0 Å². The maximum Gasteiger partial charge on any atom is 0.246 e. The van der Waals surface area contributed by atoms with Gasteiger partial charge in [-0.15, -0.1) is 0 Å². The average Bonchev–Trinajstić information content (AvgIpc) is 3.45. The molecule has 3 heterocycles. The van der Waals surface area contributed by atoms with E-state index in [0.29, 0.717) is 10.7 Å². The topological polar surface area (TPSA) is 97.0 Å². The number of likely N-dealkylation sites (tertiary alicyclic amines) is 1. The van der Waals surface area contributed by atoms with E-state index in [0.717, 1.165) is 25.7 Å². The molecule has 34 heavy (non-hydrogen) atoms. The van der Waals surface area contributed by atoms with Crippen molar-refractivity contribution in [2.45, 2.75) is 55.9 Å². The number of ether oxygens (including phenoxy) is 2. The van der Waals surface area contributed by atoms with Crippen molar-refractivity contribution in [2.24, 2.45) is 11.8 Å². The Morgan fingerprint density at radius 1 is 1.24 bits per heavy atom. The van der Waals surface area contributed by atoms with Crippen LogP contribution in [0, 0.1) is 11.8 Å². The normalized spacial score (nSPS) is 32.2. The number of carbonyl (C=O) groups is 3. The number of halogens is 1. The van der Waals surface area contributed by atoms with E-state index in [-0.39, 0.29) is 36.9 Å². The molecule has 1 aliphatic carbocycles. The van der Waals surface area contributed by atoms with Gasteiger partial charge in [0.1, 0.15) is 11.6 Å². The maximum atomic E-state index is 13.7. The first-order valence-electron chi connectivity index (χ1n) is 12.0. The number of nitrogens with zero attached hydrogens (tertiary/aromatic N) is 1. The molecule has 182 valence electrons. The number of fused-ring (bicyclic) bond motifs is 1. The standard InChI is InChI=1S/C25H30ClN3O5/c1-33-13-12-29-21(23(31)27-16-7-3-2-4-8-16)25-11-10-18(34-25)19(20(25)24(29)32)22(30)28-17-9-5-6-15(26)14-17/h5-6,9-11,14,16,18-21H,2-4,7-8,12-13H2,1H3,(H,27,31)(H,28,30)/t18-,19-,20-,21-,25+/m1/s1. The quantitative estimate of drug-likeness (QED) is 0.576. The SMILES string of the molecule is COCCN1C(=O)[C@H]2[C@H](C(=O)Nc3cccc(Cl)c3)[C@H]3C=C[C@@]2(O3)[C@H]1C(=O)NC1CCCCC1. The van der Waals surface area contributed by atoms with Crippen LogP contribution in [0.4, 0.5) is 5.69 Å². The maximum absolute atomic E-state index is 13.7. The zero-order valence-electron chi connectivity index (χ0n) is 19.2. The number of hydrogen-bond donors (Lipinski definition) is 2. The van der Waals surface area contributed by atoms with E-state index in [9.17, 15) is 14.4 Å². The molecule has 5 atom stereocenters. The summed E-state index contributed by atoms with van der Waals surface area (Å²) in [6.45, 7) is 0.537. The van der Waals surface area contributed by atoms with Gasteiger partial charge in [-0.3, -0.25) is 14.4 Å². The summed E-state index contributed by atoms with van der Waals surface area (Å²) in [5.74, 6) is -2.31. The van der Waals surface area contributed by atoms with Crippen LogP contribution in [0.15, 0.2) is 36.4 Å². The van der Waals surface area contributed by atoms with Crippen molar-refractivity contribution in [1.82, 2.24) is 10.2 Å². The summed E-state index contributed by atoms with van der Waals surface area (Å²) in [6.07, 6.45) is 8.28. The van der Waals surface area contributed by atoms with Crippen LogP contribution >= 0.6 is 11.6 Å². The number of carbonyl (C=O) groups excluding carboxylic acids is 3. The van der Waals surface area contributed by atoms with Gasteiger partial charge in [0.05, 0.1) is 24.5 Å². The fraction of sp³-hybridized carbons (Fsp3) is 0.560.